The molecule has 0 amide bonds. The number of H-pyrrole nitrogens is 1. The van der Waals surface area contributed by atoms with Crippen molar-refractivity contribution in [3.05, 3.63) is 58.5 Å². The highest BCUT2D eigenvalue weighted by atomic mass is 16.1. The summed E-state index contributed by atoms with van der Waals surface area (Å²) in [5, 5.41) is 0.509. The molecule has 0 aliphatic carbocycles. The maximum atomic E-state index is 12.0. The summed E-state index contributed by atoms with van der Waals surface area (Å²) in [4.78, 5) is 23.4. The molecule has 2 heterocycles. The van der Waals surface area contributed by atoms with Gasteiger partial charge < -0.3 is 4.98 Å². The molecule has 2 aromatic heterocycles. The Labute approximate surface area is 116 Å². The van der Waals surface area contributed by atoms with Crippen LogP contribution in [0.5, 0.6) is 0 Å². The number of rotatable bonds is 2. The summed E-state index contributed by atoms with van der Waals surface area (Å²) >= 11 is 0. The van der Waals surface area contributed by atoms with Gasteiger partial charge in [0.05, 0.1) is 5.39 Å². The molecule has 0 bridgehead atoms. The molecule has 0 saturated heterocycles. The number of aromatic amines is 1. The van der Waals surface area contributed by atoms with Gasteiger partial charge in [-0.2, -0.15) is 0 Å². The van der Waals surface area contributed by atoms with Gasteiger partial charge in [0.15, 0.2) is 5.65 Å². The molecular formula is C16H15N3O. The van der Waals surface area contributed by atoms with Crippen molar-refractivity contribution >= 4 is 11.0 Å². The second-order valence-corrected chi connectivity index (χ2v) is 5.07. The van der Waals surface area contributed by atoms with Gasteiger partial charge in [-0.1, -0.05) is 38.1 Å². The van der Waals surface area contributed by atoms with E-state index in [4.69, 9.17) is 0 Å². The Morgan fingerprint density at radius 1 is 1.10 bits per heavy atom. The fourth-order valence-electron chi connectivity index (χ4n) is 2.13. The van der Waals surface area contributed by atoms with Crippen LogP contribution in [-0.2, 0) is 0 Å². The molecule has 3 rings (SSSR count). The molecule has 20 heavy (non-hydrogen) atoms. The van der Waals surface area contributed by atoms with Crippen molar-refractivity contribution in [2.75, 3.05) is 0 Å². The third-order valence-electron chi connectivity index (χ3n) is 3.33. The number of aromatic nitrogens is 3. The van der Waals surface area contributed by atoms with Gasteiger partial charge in [-0.3, -0.25) is 4.79 Å². The highest BCUT2D eigenvalue weighted by Crippen LogP contribution is 2.20. The Morgan fingerprint density at radius 3 is 2.55 bits per heavy atom. The Bertz CT molecular complexity index is 804. The maximum Gasteiger partial charge on any atom is 0.260 e. The summed E-state index contributed by atoms with van der Waals surface area (Å²) in [6.45, 7) is 4.30. The number of hydrogen-bond acceptors (Lipinski definition) is 3. The number of hydrogen-bond donors (Lipinski definition) is 1. The molecule has 0 fully saturated rings. The van der Waals surface area contributed by atoms with Crippen molar-refractivity contribution < 1.29 is 0 Å². The number of nitrogens with zero attached hydrogens (tertiary/aromatic N) is 2. The van der Waals surface area contributed by atoms with Crippen LogP contribution in [0.1, 0.15) is 25.3 Å². The predicted octanol–water partition coefficient (Wildman–Crippen LogP) is 3.11. The zero-order valence-electron chi connectivity index (χ0n) is 11.4. The van der Waals surface area contributed by atoms with Gasteiger partial charge in [0, 0.05) is 11.8 Å². The number of pyridine rings is 1. The molecule has 0 atom stereocenters. The number of fused-ring (bicyclic) bond motifs is 1. The van der Waals surface area contributed by atoms with E-state index in [0.717, 1.165) is 5.56 Å². The summed E-state index contributed by atoms with van der Waals surface area (Å²) in [6, 6.07) is 11.5. The second-order valence-electron chi connectivity index (χ2n) is 5.07. The van der Waals surface area contributed by atoms with Crippen molar-refractivity contribution in [2.45, 2.75) is 19.8 Å². The first kappa shape index (κ1) is 12.5. The van der Waals surface area contributed by atoms with Gasteiger partial charge >= 0.3 is 0 Å². The van der Waals surface area contributed by atoms with Crippen LogP contribution in [0.4, 0.5) is 0 Å². The summed E-state index contributed by atoms with van der Waals surface area (Å²) in [5.41, 5.74) is 2.46. The highest BCUT2D eigenvalue weighted by Gasteiger charge is 2.07. The fourth-order valence-corrected chi connectivity index (χ4v) is 2.13. The summed E-state index contributed by atoms with van der Waals surface area (Å²) < 4.78 is 0. The van der Waals surface area contributed by atoms with Gasteiger partial charge in [0.2, 0.25) is 0 Å². The van der Waals surface area contributed by atoms with Crippen LogP contribution < -0.4 is 5.56 Å². The first-order valence-electron chi connectivity index (χ1n) is 6.60. The van der Waals surface area contributed by atoms with Crippen LogP contribution in [0, 0.1) is 0 Å². The quantitative estimate of drug-likeness (QED) is 0.774. The Kier molecular flexibility index (Phi) is 3.06. The zero-order valence-corrected chi connectivity index (χ0v) is 11.4. The molecule has 0 radical (unpaired) electrons. The van der Waals surface area contributed by atoms with Gasteiger partial charge in [0.1, 0.15) is 5.82 Å². The SMILES string of the molecule is CC(C)c1ccc(-c2nc3ncccc3c(=O)[nH]2)cc1. The molecule has 4 nitrogen and oxygen atoms in total. The van der Waals surface area contributed by atoms with Crippen molar-refractivity contribution in [2.24, 2.45) is 0 Å². The van der Waals surface area contributed by atoms with E-state index in [2.05, 4.69) is 40.9 Å². The third-order valence-corrected chi connectivity index (χ3v) is 3.33. The molecule has 0 saturated carbocycles. The van der Waals surface area contributed by atoms with E-state index in [9.17, 15) is 4.79 Å². The standard InChI is InChI=1S/C16H15N3O/c1-10(2)11-5-7-12(8-6-11)14-18-15-13(16(20)19-14)4-3-9-17-15/h3-10H,1-2H3,(H,17,18,19,20). The normalized spacial score (nSPS) is 11.2. The summed E-state index contributed by atoms with van der Waals surface area (Å²) in [7, 11) is 0. The lowest BCUT2D eigenvalue weighted by atomic mass is 10.0. The minimum Gasteiger partial charge on any atom is -0.306 e. The number of nitrogens with one attached hydrogen (secondary N) is 1. The van der Waals surface area contributed by atoms with Crippen LogP contribution in [0.15, 0.2) is 47.4 Å². The lowest BCUT2D eigenvalue weighted by molar-refractivity contribution is 0.867. The van der Waals surface area contributed by atoms with E-state index in [1.807, 2.05) is 12.1 Å². The van der Waals surface area contributed by atoms with Crippen LogP contribution >= 0.6 is 0 Å². The molecule has 0 unspecified atom stereocenters. The molecule has 100 valence electrons. The van der Waals surface area contributed by atoms with E-state index in [-0.39, 0.29) is 5.56 Å². The molecule has 3 aromatic rings. The van der Waals surface area contributed by atoms with Gasteiger partial charge in [-0.15, -0.1) is 0 Å². The fraction of sp³-hybridized carbons (Fsp3) is 0.188. The van der Waals surface area contributed by atoms with Gasteiger partial charge in [-0.05, 0) is 23.6 Å². The first-order chi connectivity index (χ1) is 9.65. The second kappa shape index (κ2) is 4.89. The molecule has 0 spiro atoms. The largest absolute Gasteiger partial charge is 0.306 e. The van der Waals surface area contributed by atoms with Crippen LogP contribution in [0.25, 0.3) is 22.4 Å². The molecule has 4 heteroatoms. The lowest BCUT2D eigenvalue weighted by Gasteiger charge is -2.07. The Hall–Kier alpha value is -2.49. The van der Waals surface area contributed by atoms with Gasteiger partial charge in [-0.25, -0.2) is 9.97 Å². The van der Waals surface area contributed by atoms with Gasteiger partial charge in [0.25, 0.3) is 5.56 Å². The van der Waals surface area contributed by atoms with Crippen molar-refractivity contribution in [3.8, 4) is 11.4 Å². The predicted molar refractivity (Wildman–Crippen MR) is 79.7 cm³/mol. The molecule has 0 aliphatic rings. The van der Waals surface area contributed by atoms with Crippen molar-refractivity contribution in [1.29, 1.82) is 0 Å². The monoisotopic (exact) mass is 265 g/mol. The van der Waals surface area contributed by atoms with E-state index >= 15 is 0 Å². The van der Waals surface area contributed by atoms with Crippen LogP contribution in [0.2, 0.25) is 0 Å². The first-order valence-corrected chi connectivity index (χ1v) is 6.60. The molecular weight excluding hydrogens is 250 g/mol. The van der Waals surface area contributed by atoms with Crippen LogP contribution in [-0.4, -0.2) is 15.0 Å². The molecule has 1 N–H and O–H groups in total. The van der Waals surface area contributed by atoms with Crippen molar-refractivity contribution in [3.63, 3.8) is 0 Å². The summed E-state index contributed by atoms with van der Waals surface area (Å²) in [5.74, 6) is 1.03. The van der Waals surface area contributed by atoms with Crippen LogP contribution in [0.3, 0.4) is 0 Å². The third kappa shape index (κ3) is 2.20. The average molecular weight is 265 g/mol. The minimum atomic E-state index is -0.161. The average Bonchev–Trinajstić information content (AvgIpc) is 2.47. The van der Waals surface area contributed by atoms with E-state index < -0.39 is 0 Å². The van der Waals surface area contributed by atoms with Crippen molar-refractivity contribution in [1.82, 2.24) is 15.0 Å². The molecule has 0 aliphatic heterocycles. The maximum absolute atomic E-state index is 12.0. The topological polar surface area (TPSA) is 58.6 Å². The zero-order chi connectivity index (χ0) is 14.1. The summed E-state index contributed by atoms with van der Waals surface area (Å²) in [6.07, 6.45) is 1.64. The molecule has 1 aromatic carbocycles. The Balaban J connectivity index is 2.12. The minimum absolute atomic E-state index is 0.161. The number of benzene rings is 1. The van der Waals surface area contributed by atoms with E-state index in [1.54, 1.807) is 18.3 Å². The van der Waals surface area contributed by atoms with E-state index in [1.165, 1.54) is 5.56 Å². The van der Waals surface area contributed by atoms with E-state index in [0.29, 0.717) is 22.8 Å². The highest BCUT2D eigenvalue weighted by molar-refractivity contribution is 5.75. The smallest absolute Gasteiger partial charge is 0.260 e. The Morgan fingerprint density at radius 2 is 1.85 bits per heavy atom. The lowest BCUT2D eigenvalue weighted by Crippen LogP contribution is -2.10.